The summed E-state index contributed by atoms with van der Waals surface area (Å²) >= 11 is 0. The van der Waals surface area contributed by atoms with Gasteiger partial charge in [0.2, 0.25) is 11.7 Å². The number of carbonyl (C=O) groups excluding carboxylic acids is 1. The van der Waals surface area contributed by atoms with Crippen LogP contribution in [0, 0.1) is 17.2 Å². The van der Waals surface area contributed by atoms with Crippen molar-refractivity contribution in [2.75, 3.05) is 27.2 Å². The van der Waals surface area contributed by atoms with E-state index < -0.39 is 11.6 Å². The summed E-state index contributed by atoms with van der Waals surface area (Å²) in [5.74, 6) is 1.11. The number of aliphatic hydroxyl groups is 1. The second kappa shape index (κ2) is 11.0. The van der Waals surface area contributed by atoms with Gasteiger partial charge in [-0.3, -0.25) is 14.3 Å². The molecule has 2 aromatic heterocycles. The van der Waals surface area contributed by atoms with Gasteiger partial charge in [-0.25, -0.2) is 10.3 Å². The second-order valence-corrected chi connectivity index (χ2v) is 12.3. The molecule has 2 bridgehead atoms. The molecule has 1 aromatic carbocycles. The molecule has 0 saturated carbocycles. The standard InChI is InChI=1S/C31H37N9O2/c1-31(2,18-32)21-6-10-24(11-7-21)40-25(29(42)38(3)4)13-20-15-34-30(37-27(20)40)36-26-12-5-19(14-33-26)28(41)39-16-22-8-9-23(17-39)35-22/h6-7,10-15,19,22-23,29,35,42H,5,8-9,16-17H2,1-4H3,(H,34,36,37)/p+1. The number of aliphatic imine (C=N–C) groups is 1. The zero-order valence-electron chi connectivity index (χ0n) is 24.5. The number of quaternary nitrogens is 1. The number of nitrogens with one attached hydrogen (secondary N) is 1. The molecular weight excluding hydrogens is 530 g/mol. The fraction of sp³-hybridized carbons (Fsp3) is 0.452. The Kier molecular flexibility index (Phi) is 7.41. The average Bonchev–Trinajstić information content (AvgIpc) is 3.55. The quantitative estimate of drug-likeness (QED) is 0.370. The molecule has 6 rings (SSSR count). The first-order chi connectivity index (χ1) is 20.1. The van der Waals surface area contributed by atoms with Gasteiger partial charge in [0.25, 0.3) is 0 Å². The van der Waals surface area contributed by atoms with Crippen LogP contribution in [0.25, 0.3) is 16.7 Å². The van der Waals surface area contributed by atoms with Gasteiger partial charge in [-0.05, 0) is 77.0 Å². The number of amides is 1. The number of nitrogens with zero attached hydrogens (tertiary/aromatic N) is 7. The molecule has 3 aliphatic rings. The van der Waals surface area contributed by atoms with Gasteiger partial charge in [0.05, 0.1) is 23.1 Å². The molecule has 42 heavy (non-hydrogen) atoms. The van der Waals surface area contributed by atoms with E-state index in [1.807, 2.05) is 79.1 Å². The van der Waals surface area contributed by atoms with E-state index in [0.29, 0.717) is 41.6 Å². The summed E-state index contributed by atoms with van der Waals surface area (Å²) in [5, 5.41) is 26.8. The molecule has 4 N–H and O–H groups in total. The Morgan fingerprint density at radius 3 is 2.55 bits per heavy atom. The van der Waals surface area contributed by atoms with Crippen LogP contribution in [-0.4, -0.2) is 80.8 Å². The summed E-state index contributed by atoms with van der Waals surface area (Å²) in [4.78, 5) is 30.9. The molecule has 2 fully saturated rings. The lowest BCUT2D eigenvalue weighted by Crippen LogP contribution is -2.76. The van der Waals surface area contributed by atoms with Crippen molar-refractivity contribution in [3.05, 3.63) is 59.7 Å². The van der Waals surface area contributed by atoms with Crippen LogP contribution < -0.4 is 10.6 Å². The maximum Gasteiger partial charge on any atom is 0.333 e. The minimum Gasteiger partial charge on any atom is -0.373 e. The van der Waals surface area contributed by atoms with Gasteiger partial charge in [-0.15, -0.1) is 0 Å². The van der Waals surface area contributed by atoms with E-state index in [1.165, 1.54) is 0 Å². The number of fused-ring (bicyclic) bond motifs is 3. The van der Waals surface area contributed by atoms with Gasteiger partial charge in [0.1, 0.15) is 6.23 Å². The summed E-state index contributed by atoms with van der Waals surface area (Å²) in [6.07, 6.45) is 7.49. The molecule has 4 atom stereocenters. The van der Waals surface area contributed by atoms with Crippen LogP contribution in [0.4, 0.5) is 5.95 Å². The Balaban J connectivity index is 1.24. The number of hydrogen-bond donors (Lipinski definition) is 3. The Hall–Kier alpha value is -3.95. The monoisotopic (exact) mass is 568 g/mol. The van der Waals surface area contributed by atoms with E-state index in [0.717, 1.165) is 42.6 Å². The van der Waals surface area contributed by atoms with E-state index >= 15 is 0 Å². The maximum atomic E-state index is 13.2. The third-order valence-electron chi connectivity index (χ3n) is 8.58. The highest BCUT2D eigenvalue weighted by Gasteiger charge is 2.36. The number of benzene rings is 1. The highest BCUT2D eigenvalue weighted by molar-refractivity contribution is 5.94. The fourth-order valence-corrected chi connectivity index (χ4v) is 6.05. The van der Waals surface area contributed by atoms with Crippen LogP contribution in [-0.2, 0) is 10.2 Å². The smallest absolute Gasteiger partial charge is 0.333 e. The average molecular weight is 569 g/mol. The van der Waals surface area contributed by atoms with Crippen molar-refractivity contribution in [3.63, 3.8) is 0 Å². The normalized spacial score (nSPS) is 22.8. The van der Waals surface area contributed by atoms with Crippen molar-refractivity contribution in [1.82, 2.24) is 29.7 Å². The summed E-state index contributed by atoms with van der Waals surface area (Å²) in [7, 11) is 3.63. The molecule has 0 spiro atoms. The molecule has 0 aliphatic carbocycles. The summed E-state index contributed by atoms with van der Waals surface area (Å²) in [6.45, 7) is 5.33. The largest absolute Gasteiger partial charge is 0.373 e. The first-order valence-corrected chi connectivity index (χ1v) is 14.5. The minimum atomic E-state index is -0.868. The Labute approximate surface area is 245 Å². The van der Waals surface area contributed by atoms with Gasteiger partial charge >= 0.3 is 5.95 Å². The highest BCUT2D eigenvalue weighted by atomic mass is 16.3. The number of aromatic nitrogens is 3. The molecule has 1 amide bonds. The van der Waals surface area contributed by atoms with Gasteiger partial charge in [-0.1, -0.05) is 12.1 Å². The minimum absolute atomic E-state index is 0.152. The molecule has 218 valence electrons. The van der Waals surface area contributed by atoms with Gasteiger partial charge in [-0.2, -0.15) is 15.2 Å². The van der Waals surface area contributed by atoms with E-state index in [4.69, 9.17) is 4.98 Å². The molecule has 2 saturated heterocycles. The third-order valence-corrected chi connectivity index (χ3v) is 8.58. The number of rotatable bonds is 7. The number of likely N-dealkylation sites (tertiary alicyclic amines) is 1. The van der Waals surface area contributed by atoms with Crippen molar-refractivity contribution in [1.29, 1.82) is 5.26 Å². The van der Waals surface area contributed by atoms with Gasteiger partial charge in [0.15, 0.2) is 5.65 Å². The first kappa shape index (κ1) is 28.2. The molecule has 3 aromatic rings. The molecule has 5 heterocycles. The van der Waals surface area contributed by atoms with E-state index in [2.05, 4.69) is 21.4 Å². The zero-order valence-corrected chi connectivity index (χ0v) is 24.5. The SMILES string of the molecule is CN(C)C(O)c1cc2cnc([NH2+]C3=CCC(C(=O)N4CC5CCC(C4)N5)C=N3)nc2n1-c1ccc(C(C)(C)C#N)cc1. The molecule has 4 unspecified atom stereocenters. The Bertz CT molecular complexity index is 1590. The van der Waals surface area contributed by atoms with E-state index in [-0.39, 0.29) is 11.8 Å². The van der Waals surface area contributed by atoms with Crippen LogP contribution in [0.2, 0.25) is 0 Å². The highest BCUT2D eigenvalue weighted by Crippen LogP contribution is 2.30. The maximum absolute atomic E-state index is 13.2. The zero-order chi connectivity index (χ0) is 29.6. The molecule has 11 heteroatoms. The van der Waals surface area contributed by atoms with Gasteiger partial charge in [0, 0.05) is 48.7 Å². The molecular formula is C31H38N9O2+. The Morgan fingerprint density at radius 2 is 1.93 bits per heavy atom. The number of allylic oxidation sites excluding steroid dienone is 1. The number of hydrogen-bond acceptors (Lipinski definition) is 8. The van der Waals surface area contributed by atoms with Crippen molar-refractivity contribution >= 4 is 29.1 Å². The lowest BCUT2D eigenvalue weighted by molar-refractivity contribution is -0.527. The van der Waals surface area contributed by atoms with Crippen LogP contribution >= 0.6 is 0 Å². The van der Waals surface area contributed by atoms with E-state index in [9.17, 15) is 15.2 Å². The van der Waals surface area contributed by atoms with Crippen LogP contribution in [0.1, 0.15) is 50.6 Å². The lowest BCUT2D eigenvalue weighted by atomic mass is 9.86. The number of aliphatic hydroxyl groups excluding tert-OH is 1. The predicted octanol–water partition coefficient (Wildman–Crippen LogP) is 1.86. The van der Waals surface area contributed by atoms with Crippen LogP contribution in [0.15, 0.2) is 53.4 Å². The van der Waals surface area contributed by atoms with Crippen molar-refractivity contribution < 1.29 is 15.2 Å². The summed E-state index contributed by atoms with van der Waals surface area (Å²) in [6, 6.07) is 12.8. The summed E-state index contributed by atoms with van der Waals surface area (Å²) < 4.78 is 1.93. The second-order valence-electron chi connectivity index (χ2n) is 12.3. The molecule has 3 aliphatic heterocycles. The van der Waals surface area contributed by atoms with Crippen molar-refractivity contribution in [2.45, 2.75) is 56.8 Å². The molecule has 0 radical (unpaired) electrons. The predicted molar refractivity (Wildman–Crippen MR) is 159 cm³/mol. The first-order valence-electron chi connectivity index (χ1n) is 14.5. The van der Waals surface area contributed by atoms with Crippen LogP contribution in [0.5, 0.6) is 0 Å². The number of nitriles is 1. The van der Waals surface area contributed by atoms with Crippen molar-refractivity contribution in [3.8, 4) is 11.8 Å². The fourth-order valence-electron chi connectivity index (χ4n) is 6.05. The molecule has 11 nitrogen and oxygen atoms in total. The number of nitrogens with two attached hydrogens (primary N) is 1. The summed E-state index contributed by atoms with van der Waals surface area (Å²) in [5.41, 5.74) is 2.43. The number of piperazine rings is 1. The van der Waals surface area contributed by atoms with Crippen molar-refractivity contribution in [2.24, 2.45) is 10.9 Å². The lowest BCUT2D eigenvalue weighted by Gasteiger charge is -2.34. The van der Waals surface area contributed by atoms with Gasteiger partial charge < -0.3 is 15.3 Å². The number of carbonyl (C=O) groups is 1. The topological polar surface area (TPSA) is 139 Å². The Morgan fingerprint density at radius 1 is 1.21 bits per heavy atom. The third kappa shape index (κ3) is 5.34. The van der Waals surface area contributed by atoms with E-state index in [1.54, 1.807) is 17.3 Å². The van der Waals surface area contributed by atoms with Crippen LogP contribution in [0.3, 0.4) is 0 Å².